The average molecular weight is 333 g/mol. The third kappa shape index (κ3) is 3.95. The Labute approximate surface area is 141 Å². The molecular weight excluding hydrogens is 312 g/mol. The van der Waals surface area contributed by atoms with Crippen LogP contribution in [0.15, 0.2) is 42.6 Å². The number of carbonyl (C=O) groups is 1. The Morgan fingerprint density at radius 2 is 2.09 bits per heavy atom. The zero-order chi connectivity index (χ0) is 16.2. The molecule has 0 aliphatic heterocycles. The number of rotatable bonds is 7. The van der Waals surface area contributed by atoms with E-state index in [4.69, 9.17) is 16.3 Å². The van der Waals surface area contributed by atoms with Crippen molar-refractivity contribution in [2.24, 2.45) is 0 Å². The number of benzene rings is 1. The van der Waals surface area contributed by atoms with E-state index in [0.29, 0.717) is 19.1 Å². The Hall–Kier alpha value is -1.78. The molecule has 122 valence electrons. The van der Waals surface area contributed by atoms with E-state index in [1.165, 1.54) is 0 Å². The first-order valence-corrected chi connectivity index (χ1v) is 8.22. The van der Waals surface area contributed by atoms with Gasteiger partial charge in [0.15, 0.2) is 0 Å². The molecule has 1 amide bonds. The zero-order valence-electron chi connectivity index (χ0n) is 13.2. The van der Waals surface area contributed by atoms with E-state index in [9.17, 15) is 4.79 Å². The van der Waals surface area contributed by atoms with Gasteiger partial charge in [0.05, 0.1) is 6.54 Å². The van der Waals surface area contributed by atoms with Crippen LogP contribution >= 0.6 is 11.6 Å². The van der Waals surface area contributed by atoms with Gasteiger partial charge in [-0.1, -0.05) is 29.8 Å². The molecule has 1 saturated carbocycles. The number of aromatic nitrogens is 1. The molecule has 1 fully saturated rings. The fraction of sp³-hybridized carbons (Fsp3) is 0.389. The summed E-state index contributed by atoms with van der Waals surface area (Å²) in [4.78, 5) is 14.2. The van der Waals surface area contributed by atoms with Gasteiger partial charge in [0.25, 0.3) is 0 Å². The molecule has 0 N–H and O–H groups in total. The Morgan fingerprint density at radius 3 is 2.78 bits per heavy atom. The second-order valence-electron chi connectivity index (χ2n) is 5.90. The van der Waals surface area contributed by atoms with Gasteiger partial charge in [-0.25, -0.2) is 0 Å². The number of hydrogen-bond donors (Lipinski definition) is 0. The topological polar surface area (TPSA) is 34.5 Å². The van der Waals surface area contributed by atoms with Gasteiger partial charge in [-0.05, 0) is 36.6 Å². The van der Waals surface area contributed by atoms with Crippen LogP contribution in [0.1, 0.15) is 24.1 Å². The predicted octanol–water partition coefficient (Wildman–Crippen LogP) is 3.33. The van der Waals surface area contributed by atoms with Gasteiger partial charge in [-0.2, -0.15) is 0 Å². The summed E-state index contributed by atoms with van der Waals surface area (Å²) in [5.41, 5.74) is 2.19. The molecule has 1 aromatic heterocycles. The number of carbonyl (C=O) groups excluding carboxylic acids is 1. The summed E-state index contributed by atoms with van der Waals surface area (Å²) in [6.45, 7) is 1.46. The van der Waals surface area contributed by atoms with E-state index in [-0.39, 0.29) is 12.5 Å². The summed E-state index contributed by atoms with van der Waals surface area (Å²) in [7, 11) is 1.56. The third-order valence-electron chi connectivity index (χ3n) is 4.13. The van der Waals surface area contributed by atoms with Crippen molar-refractivity contribution in [2.75, 3.05) is 13.7 Å². The lowest BCUT2D eigenvalue weighted by Crippen LogP contribution is -2.35. The smallest absolute Gasteiger partial charge is 0.249 e. The molecule has 3 rings (SSSR count). The maximum Gasteiger partial charge on any atom is 0.249 e. The SMILES string of the molecule is COCC(=O)N(Cc1cccn1Cc1ccccc1Cl)C1CC1. The first-order chi connectivity index (χ1) is 11.2. The van der Waals surface area contributed by atoms with E-state index in [1.54, 1.807) is 7.11 Å². The van der Waals surface area contributed by atoms with Crippen LogP contribution in [0, 0.1) is 0 Å². The van der Waals surface area contributed by atoms with Crippen molar-refractivity contribution in [3.8, 4) is 0 Å². The summed E-state index contributed by atoms with van der Waals surface area (Å²) in [5.74, 6) is 0.0560. The number of amides is 1. The van der Waals surface area contributed by atoms with Crippen LogP contribution in [0.2, 0.25) is 5.02 Å². The highest BCUT2D eigenvalue weighted by Gasteiger charge is 2.32. The Bertz CT molecular complexity index is 679. The van der Waals surface area contributed by atoms with Crippen molar-refractivity contribution >= 4 is 17.5 Å². The standard InChI is InChI=1S/C18H21ClN2O2/c1-23-13-18(22)21(15-8-9-15)12-16-6-4-10-20(16)11-14-5-2-3-7-17(14)19/h2-7,10,15H,8-9,11-13H2,1H3. The summed E-state index contributed by atoms with van der Waals surface area (Å²) < 4.78 is 7.16. The monoisotopic (exact) mass is 332 g/mol. The molecular formula is C18H21ClN2O2. The van der Waals surface area contributed by atoms with Crippen LogP contribution in [0.4, 0.5) is 0 Å². The first kappa shape index (κ1) is 16.1. The molecule has 2 aromatic rings. The van der Waals surface area contributed by atoms with E-state index in [0.717, 1.165) is 29.1 Å². The minimum absolute atomic E-state index is 0.0560. The van der Waals surface area contributed by atoms with Crippen molar-refractivity contribution in [1.82, 2.24) is 9.47 Å². The van der Waals surface area contributed by atoms with Crippen molar-refractivity contribution in [1.29, 1.82) is 0 Å². The number of methoxy groups -OCH3 is 1. The van der Waals surface area contributed by atoms with E-state index in [1.807, 2.05) is 41.4 Å². The second kappa shape index (κ2) is 7.20. The Kier molecular flexibility index (Phi) is 5.03. The van der Waals surface area contributed by atoms with Crippen LogP contribution in [-0.2, 0) is 22.6 Å². The third-order valence-corrected chi connectivity index (χ3v) is 4.50. The number of nitrogens with zero attached hydrogens (tertiary/aromatic N) is 2. The van der Waals surface area contributed by atoms with Gasteiger partial charge in [-0.15, -0.1) is 0 Å². The summed E-state index contributed by atoms with van der Waals surface area (Å²) >= 11 is 6.26. The Morgan fingerprint density at radius 1 is 1.30 bits per heavy atom. The minimum Gasteiger partial charge on any atom is -0.375 e. The second-order valence-corrected chi connectivity index (χ2v) is 6.31. The van der Waals surface area contributed by atoms with Gasteiger partial charge in [0, 0.05) is 36.6 Å². The molecule has 0 spiro atoms. The summed E-state index contributed by atoms with van der Waals surface area (Å²) in [5, 5.41) is 0.765. The summed E-state index contributed by atoms with van der Waals surface area (Å²) in [6, 6.07) is 12.3. The van der Waals surface area contributed by atoms with Crippen molar-refractivity contribution in [3.05, 3.63) is 58.9 Å². The van der Waals surface area contributed by atoms with Crippen LogP contribution in [0.3, 0.4) is 0 Å². The van der Waals surface area contributed by atoms with Crippen LogP contribution in [0.25, 0.3) is 0 Å². The number of halogens is 1. The fourth-order valence-corrected chi connectivity index (χ4v) is 2.94. The highest BCUT2D eigenvalue weighted by atomic mass is 35.5. The molecule has 0 saturated heterocycles. The van der Waals surface area contributed by atoms with Gasteiger partial charge < -0.3 is 14.2 Å². The molecule has 23 heavy (non-hydrogen) atoms. The van der Waals surface area contributed by atoms with Crippen LogP contribution < -0.4 is 0 Å². The van der Waals surface area contributed by atoms with Crippen molar-refractivity contribution in [3.63, 3.8) is 0 Å². The fourth-order valence-electron chi connectivity index (χ4n) is 2.75. The van der Waals surface area contributed by atoms with Crippen LogP contribution in [0.5, 0.6) is 0 Å². The maximum atomic E-state index is 12.2. The van der Waals surface area contributed by atoms with E-state index in [2.05, 4.69) is 10.6 Å². The number of hydrogen-bond acceptors (Lipinski definition) is 2. The van der Waals surface area contributed by atoms with Gasteiger partial charge in [0.2, 0.25) is 5.91 Å². The van der Waals surface area contributed by atoms with Gasteiger partial charge >= 0.3 is 0 Å². The quantitative estimate of drug-likeness (QED) is 0.779. The maximum absolute atomic E-state index is 12.2. The van der Waals surface area contributed by atoms with Crippen molar-refractivity contribution in [2.45, 2.75) is 32.0 Å². The molecule has 0 radical (unpaired) electrons. The molecule has 1 heterocycles. The molecule has 1 aliphatic rings. The van der Waals surface area contributed by atoms with Crippen LogP contribution in [-0.4, -0.2) is 35.1 Å². The Balaban J connectivity index is 1.75. The zero-order valence-corrected chi connectivity index (χ0v) is 14.0. The number of ether oxygens (including phenoxy) is 1. The summed E-state index contributed by atoms with van der Waals surface area (Å²) in [6.07, 6.45) is 4.20. The average Bonchev–Trinajstić information content (AvgIpc) is 3.28. The lowest BCUT2D eigenvalue weighted by atomic mass is 10.2. The molecule has 1 aliphatic carbocycles. The predicted molar refractivity (Wildman–Crippen MR) is 90.4 cm³/mol. The highest BCUT2D eigenvalue weighted by Crippen LogP contribution is 2.29. The largest absolute Gasteiger partial charge is 0.375 e. The molecule has 4 nitrogen and oxygen atoms in total. The first-order valence-electron chi connectivity index (χ1n) is 7.85. The molecule has 0 bridgehead atoms. The van der Waals surface area contributed by atoms with Gasteiger partial charge in [-0.3, -0.25) is 4.79 Å². The van der Waals surface area contributed by atoms with E-state index < -0.39 is 0 Å². The van der Waals surface area contributed by atoms with E-state index >= 15 is 0 Å². The molecule has 0 unspecified atom stereocenters. The normalized spacial score (nSPS) is 14.0. The minimum atomic E-state index is 0.0560. The lowest BCUT2D eigenvalue weighted by Gasteiger charge is -2.23. The molecule has 5 heteroatoms. The molecule has 1 aromatic carbocycles. The lowest BCUT2D eigenvalue weighted by molar-refractivity contribution is -0.136. The van der Waals surface area contributed by atoms with Gasteiger partial charge in [0.1, 0.15) is 6.61 Å². The molecule has 0 atom stereocenters. The highest BCUT2D eigenvalue weighted by molar-refractivity contribution is 6.31. The van der Waals surface area contributed by atoms with Crippen molar-refractivity contribution < 1.29 is 9.53 Å².